The fraction of sp³-hybridized carbons (Fsp3) is 0.467. The normalized spacial score (nSPS) is 11.5. The number of methoxy groups -OCH3 is 1. The van der Waals surface area contributed by atoms with Gasteiger partial charge in [-0.05, 0) is 25.0 Å². The van der Waals surface area contributed by atoms with E-state index in [-0.39, 0.29) is 5.91 Å². The third kappa shape index (κ3) is 6.75. The largest absolute Gasteiger partial charge is 0.493 e. The maximum atomic E-state index is 11.9. The second-order valence-corrected chi connectivity index (χ2v) is 4.52. The first-order chi connectivity index (χ1) is 10.2. The van der Waals surface area contributed by atoms with Gasteiger partial charge >= 0.3 is 0 Å². The van der Waals surface area contributed by atoms with E-state index in [1.165, 1.54) is 0 Å². The molecule has 0 aliphatic rings. The van der Waals surface area contributed by atoms with E-state index in [9.17, 15) is 4.79 Å². The van der Waals surface area contributed by atoms with E-state index in [1.807, 2.05) is 0 Å². The third-order valence-electron chi connectivity index (χ3n) is 2.77. The van der Waals surface area contributed by atoms with Gasteiger partial charge in [-0.15, -0.1) is 0 Å². The van der Waals surface area contributed by atoms with Crippen LogP contribution in [-0.4, -0.2) is 32.3 Å². The molecule has 0 radical (unpaired) electrons. The average Bonchev–Trinajstić information content (AvgIpc) is 2.49. The molecule has 1 atom stereocenters. The van der Waals surface area contributed by atoms with E-state index in [4.69, 9.17) is 20.5 Å². The molecule has 3 N–H and O–H groups in total. The highest BCUT2D eigenvalue weighted by Gasteiger charge is 2.13. The van der Waals surface area contributed by atoms with Gasteiger partial charge in [-0.2, -0.15) is 5.26 Å². The lowest BCUT2D eigenvalue weighted by Gasteiger charge is -2.12. The number of nitriles is 1. The SMILES string of the molecule is COCCC(N)C(=O)Nc1cccc(OCCCC#N)c1. The molecule has 114 valence electrons. The number of ether oxygens (including phenoxy) is 2. The molecule has 0 saturated carbocycles. The van der Waals surface area contributed by atoms with Gasteiger partial charge in [0.1, 0.15) is 5.75 Å². The highest BCUT2D eigenvalue weighted by molar-refractivity contribution is 5.94. The summed E-state index contributed by atoms with van der Waals surface area (Å²) >= 11 is 0. The van der Waals surface area contributed by atoms with E-state index < -0.39 is 6.04 Å². The fourth-order valence-electron chi connectivity index (χ4n) is 1.62. The van der Waals surface area contributed by atoms with Crippen LogP contribution in [0.5, 0.6) is 5.75 Å². The molecule has 6 nitrogen and oxygen atoms in total. The molecule has 21 heavy (non-hydrogen) atoms. The Balaban J connectivity index is 2.48. The van der Waals surface area contributed by atoms with Crippen molar-refractivity contribution in [2.75, 3.05) is 25.6 Å². The van der Waals surface area contributed by atoms with Gasteiger partial charge in [0.25, 0.3) is 0 Å². The minimum absolute atomic E-state index is 0.256. The van der Waals surface area contributed by atoms with Crippen LogP contribution in [0.15, 0.2) is 24.3 Å². The summed E-state index contributed by atoms with van der Waals surface area (Å²) in [5.41, 5.74) is 6.38. The number of carbonyl (C=O) groups is 1. The Hall–Kier alpha value is -2.10. The third-order valence-corrected chi connectivity index (χ3v) is 2.77. The Labute approximate surface area is 124 Å². The van der Waals surface area contributed by atoms with Gasteiger partial charge in [-0.25, -0.2) is 0 Å². The molecule has 1 rings (SSSR count). The Kier molecular flexibility index (Phi) is 7.87. The minimum atomic E-state index is -0.606. The second-order valence-electron chi connectivity index (χ2n) is 4.52. The maximum absolute atomic E-state index is 11.9. The molecule has 6 heteroatoms. The van der Waals surface area contributed by atoms with E-state index in [0.717, 1.165) is 0 Å². The fourth-order valence-corrected chi connectivity index (χ4v) is 1.62. The summed E-state index contributed by atoms with van der Waals surface area (Å²) in [5.74, 6) is 0.393. The van der Waals surface area contributed by atoms with Crippen molar-refractivity contribution in [1.82, 2.24) is 0 Å². The molecule has 0 aliphatic carbocycles. The molecule has 1 unspecified atom stereocenters. The smallest absolute Gasteiger partial charge is 0.241 e. The summed E-state index contributed by atoms with van der Waals surface area (Å²) in [4.78, 5) is 11.9. The van der Waals surface area contributed by atoms with Crippen molar-refractivity contribution in [3.63, 3.8) is 0 Å². The van der Waals surface area contributed by atoms with Crippen LogP contribution in [0.1, 0.15) is 19.3 Å². The first-order valence-corrected chi connectivity index (χ1v) is 6.82. The molecule has 0 aromatic heterocycles. The van der Waals surface area contributed by atoms with Gasteiger partial charge in [0, 0.05) is 31.9 Å². The molecular formula is C15H21N3O3. The van der Waals surface area contributed by atoms with Gasteiger partial charge in [0.15, 0.2) is 0 Å². The van der Waals surface area contributed by atoms with Crippen molar-refractivity contribution in [1.29, 1.82) is 5.26 Å². The van der Waals surface area contributed by atoms with Gasteiger partial charge < -0.3 is 20.5 Å². The average molecular weight is 291 g/mol. The Morgan fingerprint density at radius 2 is 2.29 bits per heavy atom. The van der Waals surface area contributed by atoms with Crippen molar-refractivity contribution in [2.24, 2.45) is 5.73 Å². The number of anilines is 1. The van der Waals surface area contributed by atoms with Crippen molar-refractivity contribution in [2.45, 2.75) is 25.3 Å². The van der Waals surface area contributed by atoms with E-state index >= 15 is 0 Å². The highest BCUT2D eigenvalue weighted by Crippen LogP contribution is 2.18. The predicted molar refractivity (Wildman–Crippen MR) is 79.9 cm³/mol. The van der Waals surface area contributed by atoms with Crippen LogP contribution in [0.25, 0.3) is 0 Å². The standard InChI is InChI=1S/C15H21N3O3/c1-20-10-7-14(17)15(19)18-12-5-4-6-13(11-12)21-9-3-2-8-16/h4-6,11,14H,2-3,7,9-10,17H2,1H3,(H,18,19). The van der Waals surface area contributed by atoms with Crippen LogP contribution in [0.2, 0.25) is 0 Å². The minimum Gasteiger partial charge on any atom is -0.493 e. The molecular weight excluding hydrogens is 270 g/mol. The molecule has 0 spiro atoms. The maximum Gasteiger partial charge on any atom is 0.241 e. The number of amides is 1. The first kappa shape index (κ1) is 17.0. The van der Waals surface area contributed by atoms with Crippen molar-refractivity contribution in [3.8, 4) is 11.8 Å². The number of hydrogen-bond acceptors (Lipinski definition) is 5. The second kappa shape index (κ2) is 9.75. The van der Waals surface area contributed by atoms with Crippen LogP contribution in [0.4, 0.5) is 5.69 Å². The zero-order valence-electron chi connectivity index (χ0n) is 12.2. The highest BCUT2D eigenvalue weighted by atomic mass is 16.5. The summed E-state index contributed by atoms with van der Waals surface area (Å²) in [6, 6.07) is 8.54. The van der Waals surface area contributed by atoms with Gasteiger partial charge in [0.2, 0.25) is 5.91 Å². The number of unbranched alkanes of at least 4 members (excludes halogenated alkanes) is 1. The number of nitrogens with one attached hydrogen (secondary N) is 1. The van der Waals surface area contributed by atoms with Crippen molar-refractivity contribution < 1.29 is 14.3 Å². The van der Waals surface area contributed by atoms with Crippen LogP contribution in [-0.2, 0) is 9.53 Å². The molecule has 0 saturated heterocycles. The lowest BCUT2D eigenvalue weighted by molar-refractivity contribution is -0.117. The molecule has 0 aliphatic heterocycles. The lowest BCUT2D eigenvalue weighted by atomic mass is 10.2. The van der Waals surface area contributed by atoms with Crippen molar-refractivity contribution in [3.05, 3.63) is 24.3 Å². The number of benzene rings is 1. The Bertz CT molecular complexity index is 485. The molecule has 1 amide bonds. The van der Waals surface area contributed by atoms with Gasteiger partial charge in [-0.1, -0.05) is 6.07 Å². The number of nitrogens with two attached hydrogens (primary N) is 1. The van der Waals surface area contributed by atoms with Gasteiger partial charge in [-0.3, -0.25) is 4.79 Å². The van der Waals surface area contributed by atoms with E-state index in [2.05, 4.69) is 11.4 Å². The predicted octanol–water partition coefficient (Wildman–Crippen LogP) is 1.67. The summed E-state index contributed by atoms with van der Waals surface area (Å²) < 4.78 is 10.4. The first-order valence-electron chi connectivity index (χ1n) is 6.82. The van der Waals surface area contributed by atoms with Crippen LogP contribution in [0, 0.1) is 11.3 Å². The number of rotatable bonds is 9. The summed E-state index contributed by atoms with van der Waals surface area (Å²) in [6.45, 7) is 0.912. The quantitative estimate of drug-likeness (QED) is 0.674. The van der Waals surface area contributed by atoms with E-state index in [0.29, 0.717) is 43.9 Å². The number of hydrogen-bond donors (Lipinski definition) is 2. The molecule has 0 fully saturated rings. The lowest BCUT2D eigenvalue weighted by Crippen LogP contribution is -2.36. The topological polar surface area (TPSA) is 97.4 Å². The summed E-state index contributed by atoms with van der Waals surface area (Å²) in [7, 11) is 1.57. The van der Waals surface area contributed by atoms with E-state index in [1.54, 1.807) is 31.4 Å². The zero-order valence-corrected chi connectivity index (χ0v) is 12.2. The zero-order chi connectivity index (χ0) is 15.5. The number of nitrogens with zero attached hydrogens (tertiary/aromatic N) is 1. The Morgan fingerprint density at radius 1 is 1.48 bits per heavy atom. The number of carbonyl (C=O) groups excluding carboxylic acids is 1. The molecule has 1 aromatic rings. The summed E-state index contributed by atoms with van der Waals surface area (Å²) in [6.07, 6.45) is 1.60. The van der Waals surface area contributed by atoms with Crippen LogP contribution >= 0.6 is 0 Å². The monoisotopic (exact) mass is 291 g/mol. The molecule has 1 aromatic carbocycles. The van der Waals surface area contributed by atoms with Crippen LogP contribution in [0.3, 0.4) is 0 Å². The summed E-state index contributed by atoms with van der Waals surface area (Å²) in [5, 5.41) is 11.2. The van der Waals surface area contributed by atoms with Gasteiger partial charge in [0.05, 0.1) is 18.7 Å². The molecule has 0 heterocycles. The molecule has 0 bridgehead atoms. The van der Waals surface area contributed by atoms with Crippen LogP contribution < -0.4 is 15.8 Å². The Morgan fingerprint density at radius 3 is 3.00 bits per heavy atom. The van der Waals surface area contributed by atoms with Crippen molar-refractivity contribution >= 4 is 11.6 Å².